The highest BCUT2D eigenvalue weighted by atomic mass is 16.5. The topological polar surface area (TPSA) is 84.5 Å². The lowest BCUT2D eigenvalue weighted by molar-refractivity contribution is -0.151. The standard InChI is InChI=1S/C18H24N2O4/c1-11(2)16(18(23)24-10-15(21)19-13-8-9-13)20-17(22)14-7-5-4-6-12(14)3/h4-7,11,13,16H,8-10H2,1-3H3,(H,19,21)(H,20,22)/t16-/m0/s1. The van der Waals surface area contributed by atoms with Gasteiger partial charge in [0.1, 0.15) is 6.04 Å². The molecule has 6 heteroatoms. The molecule has 0 aliphatic heterocycles. The van der Waals surface area contributed by atoms with Crippen LogP contribution in [0.15, 0.2) is 24.3 Å². The Kier molecular flexibility index (Phi) is 5.95. The number of esters is 1. The van der Waals surface area contributed by atoms with Crippen LogP contribution in [-0.4, -0.2) is 36.5 Å². The van der Waals surface area contributed by atoms with Gasteiger partial charge in [0, 0.05) is 11.6 Å². The van der Waals surface area contributed by atoms with Gasteiger partial charge < -0.3 is 15.4 Å². The van der Waals surface area contributed by atoms with Crippen LogP contribution in [0.3, 0.4) is 0 Å². The average Bonchev–Trinajstić information content (AvgIpc) is 3.34. The van der Waals surface area contributed by atoms with Crippen molar-refractivity contribution in [1.29, 1.82) is 0 Å². The van der Waals surface area contributed by atoms with Gasteiger partial charge in [-0.3, -0.25) is 9.59 Å². The summed E-state index contributed by atoms with van der Waals surface area (Å²) in [5.41, 5.74) is 1.34. The quantitative estimate of drug-likeness (QED) is 0.742. The lowest BCUT2D eigenvalue weighted by Crippen LogP contribution is -2.46. The summed E-state index contributed by atoms with van der Waals surface area (Å²) in [6.07, 6.45) is 1.95. The number of rotatable bonds is 7. The molecule has 1 fully saturated rings. The van der Waals surface area contributed by atoms with Crippen LogP contribution >= 0.6 is 0 Å². The number of carbonyl (C=O) groups is 3. The SMILES string of the molecule is Cc1ccccc1C(=O)N[C@H](C(=O)OCC(=O)NC1CC1)C(C)C. The van der Waals surface area contributed by atoms with Crippen molar-refractivity contribution in [1.82, 2.24) is 10.6 Å². The average molecular weight is 332 g/mol. The van der Waals surface area contributed by atoms with E-state index in [-0.39, 0.29) is 30.4 Å². The molecule has 1 aliphatic carbocycles. The second kappa shape index (κ2) is 7.95. The van der Waals surface area contributed by atoms with E-state index in [9.17, 15) is 14.4 Å². The largest absolute Gasteiger partial charge is 0.454 e. The van der Waals surface area contributed by atoms with Gasteiger partial charge in [-0.15, -0.1) is 0 Å². The highest BCUT2D eigenvalue weighted by molar-refractivity contribution is 5.98. The highest BCUT2D eigenvalue weighted by Gasteiger charge is 2.28. The van der Waals surface area contributed by atoms with Crippen molar-refractivity contribution in [2.75, 3.05) is 6.61 Å². The number of aryl methyl sites for hydroxylation is 1. The third kappa shape index (κ3) is 5.08. The van der Waals surface area contributed by atoms with Gasteiger partial charge in [-0.05, 0) is 37.3 Å². The fourth-order valence-electron chi connectivity index (χ4n) is 2.27. The summed E-state index contributed by atoms with van der Waals surface area (Å²) in [5.74, 6) is -1.39. The van der Waals surface area contributed by atoms with Crippen molar-refractivity contribution in [3.05, 3.63) is 35.4 Å². The maximum Gasteiger partial charge on any atom is 0.329 e. The van der Waals surface area contributed by atoms with E-state index in [4.69, 9.17) is 4.74 Å². The van der Waals surface area contributed by atoms with E-state index >= 15 is 0 Å². The molecule has 0 unspecified atom stereocenters. The van der Waals surface area contributed by atoms with Crippen molar-refractivity contribution in [3.63, 3.8) is 0 Å². The Morgan fingerprint density at radius 1 is 1.21 bits per heavy atom. The van der Waals surface area contributed by atoms with Crippen molar-refractivity contribution in [2.45, 2.75) is 45.7 Å². The fraction of sp³-hybridized carbons (Fsp3) is 0.500. The van der Waals surface area contributed by atoms with Crippen LogP contribution in [0.5, 0.6) is 0 Å². The minimum absolute atomic E-state index is 0.156. The second-order valence-electron chi connectivity index (χ2n) is 6.46. The predicted octanol–water partition coefficient (Wildman–Crippen LogP) is 1.57. The molecule has 0 spiro atoms. The van der Waals surface area contributed by atoms with Gasteiger partial charge in [0.15, 0.2) is 6.61 Å². The van der Waals surface area contributed by atoms with Gasteiger partial charge in [-0.25, -0.2) is 4.79 Å². The van der Waals surface area contributed by atoms with E-state index in [0.717, 1.165) is 18.4 Å². The molecule has 2 amide bonds. The van der Waals surface area contributed by atoms with Crippen molar-refractivity contribution in [3.8, 4) is 0 Å². The van der Waals surface area contributed by atoms with E-state index in [1.165, 1.54) is 0 Å². The summed E-state index contributed by atoms with van der Waals surface area (Å²) >= 11 is 0. The molecular weight excluding hydrogens is 308 g/mol. The smallest absolute Gasteiger partial charge is 0.329 e. The molecular formula is C18H24N2O4. The van der Waals surface area contributed by atoms with E-state index < -0.39 is 12.0 Å². The summed E-state index contributed by atoms with van der Waals surface area (Å²) in [4.78, 5) is 36.2. The first-order valence-corrected chi connectivity index (χ1v) is 8.21. The van der Waals surface area contributed by atoms with Crippen molar-refractivity contribution >= 4 is 17.8 Å². The maximum atomic E-state index is 12.4. The summed E-state index contributed by atoms with van der Waals surface area (Å²) in [5, 5.41) is 5.45. The number of amides is 2. The molecule has 0 bridgehead atoms. The minimum Gasteiger partial charge on any atom is -0.454 e. The Hall–Kier alpha value is -2.37. The Labute approximate surface area is 142 Å². The van der Waals surface area contributed by atoms with Crippen LogP contribution in [-0.2, 0) is 14.3 Å². The molecule has 1 aromatic rings. The van der Waals surface area contributed by atoms with E-state index in [1.54, 1.807) is 12.1 Å². The minimum atomic E-state index is -0.800. The zero-order chi connectivity index (χ0) is 17.7. The Bertz CT molecular complexity index is 623. The molecule has 0 saturated heterocycles. The molecule has 0 radical (unpaired) electrons. The lowest BCUT2D eigenvalue weighted by atomic mass is 10.0. The summed E-state index contributed by atoms with van der Waals surface area (Å²) in [6, 6.07) is 6.57. The summed E-state index contributed by atoms with van der Waals surface area (Å²) in [6.45, 7) is 5.14. The maximum absolute atomic E-state index is 12.4. The van der Waals surface area contributed by atoms with E-state index in [1.807, 2.05) is 32.9 Å². The van der Waals surface area contributed by atoms with Crippen LogP contribution in [0.4, 0.5) is 0 Å². The van der Waals surface area contributed by atoms with Crippen molar-refractivity contribution < 1.29 is 19.1 Å². The van der Waals surface area contributed by atoms with Crippen LogP contribution in [0.2, 0.25) is 0 Å². The first-order chi connectivity index (χ1) is 11.4. The molecule has 2 N–H and O–H groups in total. The van der Waals surface area contributed by atoms with Gasteiger partial charge in [-0.2, -0.15) is 0 Å². The van der Waals surface area contributed by atoms with Gasteiger partial charge >= 0.3 is 5.97 Å². The molecule has 1 aromatic carbocycles. The van der Waals surface area contributed by atoms with Gasteiger partial charge in [0.2, 0.25) is 0 Å². The number of hydrogen-bond donors (Lipinski definition) is 2. The lowest BCUT2D eigenvalue weighted by Gasteiger charge is -2.21. The van der Waals surface area contributed by atoms with Gasteiger partial charge in [-0.1, -0.05) is 32.0 Å². The molecule has 24 heavy (non-hydrogen) atoms. The zero-order valence-electron chi connectivity index (χ0n) is 14.3. The van der Waals surface area contributed by atoms with Gasteiger partial charge in [0.05, 0.1) is 0 Å². The van der Waals surface area contributed by atoms with Crippen molar-refractivity contribution in [2.24, 2.45) is 5.92 Å². The van der Waals surface area contributed by atoms with Crippen LogP contribution in [0.25, 0.3) is 0 Å². The Morgan fingerprint density at radius 3 is 2.46 bits per heavy atom. The highest BCUT2D eigenvalue weighted by Crippen LogP contribution is 2.18. The summed E-state index contributed by atoms with van der Waals surface area (Å²) in [7, 11) is 0. The first kappa shape index (κ1) is 18.0. The first-order valence-electron chi connectivity index (χ1n) is 8.21. The third-order valence-electron chi connectivity index (χ3n) is 3.88. The monoisotopic (exact) mass is 332 g/mol. The molecule has 1 atom stereocenters. The van der Waals surface area contributed by atoms with Crippen LogP contribution in [0, 0.1) is 12.8 Å². The molecule has 130 valence electrons. The number of hydrogen-bond acceptors (Lipinski definition) is 4. The normalized spacial score (nSPS) is 14.8. The molecule has 0 aromatic heterocycles. The van der Waals surface area contributed by atoms with E-state index in [2.05, 4.69) is 10.6 Å². The van der Waals surface area contributed by atoms with E-state index in [0.29, 0.717) is 5.56 Å². The zero-order valence-corrected chi connectivity index (χ0v) is 14.3. The fourth-order valence-corrected chi connectivity index (χ4v) is 2.27. The Morgan fingerprint density at radius 2 is 1.88 bits per heavy atom. The molecule has 2 rings (SSSR count). The van der Waals surface area contributed by atoms with Crippen LogP contribution < -0.4 is 10.6 Å². The second-order valence-corrected chi connectivity index (χ2v) is 6.46. The molecule has 1 saturated carbocycles. The number of nitrogens with one attached hydrogen (secondary N) is 2. The molecule has 0 heterocycles. The molecule has 6 nitrogen and oxygen atoms in total. The third-order valence-corrected chi connectivity index (χ3v) is 3.88. The Balaban J connectivity index is 1.92. The number of carbonyl (C=O) groups excluding carboxylic acids is 3. The van der Waals surface area contributed by atoms with Crippen LogP contribution in [0.1, 0.15) is 42.6 Å². The van der Waals surface area contributed by atoms with Gasteiger partial charge in [0.25, 0.3) is 11.8 Å². The number of ether oxygens (including phenoxy) is 1. The predicted molar refractivity (Wildman–Crippen MR) is 89.4 cm³/mol. The number of benzene rings is 1. The molecule has 1 aliphatic rings. The summed E-state index contributed by atoms with van der Waals surface area (Å²) < 4.78 is 5.06.